The molecule has 8 heteroatoms. The van der Waals surface area contributed by atoms with Gasteiger partial charge in [-0.25, -0.2) is 9.69 Å². The predicted octanol–water partition coefficient (Wildman–Crippen LogP) is 2.81. The van der Waals surface area contributed by atoms with Gasteiger partial charge >= 0.3 is 6.03 Å². The van der Waals surface area contributed by atoms with Crippen molar-refractivity contribution in [1.82, 2.24) is 15.1 Å². The first-order chi connectivity index (χ1) is 12.9. The summed E-state index contributed by atoms with van der Waals surface area (Å²) in [7, 11) is 1.70. The number of imide groups is 1. The van der Waals surface area contributed by atoms with E-state index in [0.717, 1.165) is 25.7 Å². The highest BCUT2D eigenvalue weighted by molar-refractivity contribution is 6.33. The van der Waals surface area contributed by atoms with Crippen LogP contribution in [0.5, 0.6) is 0 Å². The van der Waals surface area contributed by atoms with Crippen LogP contribution in [-0.2, 0) is 9.59 Å². The largest absolute Gasteiger partial charge is 0.326 e. The van der Waals surface area contributed by atoms with Gasteiger partial charge in [0.05, 0.1) is 23.9 Å². The van der Waals surface area contributed by atoms with Crippen molar-refractivity contribution in [2.45, 2.75) is 44.1 Å². The minimum atomic E-state index is -0.756. The number of carbonyl (C=O) groups is 3. The lowest BCUT2D eigenvalue weighted by molar-refractivity contribution is -0.133. The molecule has 3 rings (SSSR count). The molecule has 1 saturated heterocycles. The summed E-state index contributed by atoms with van der Waals surface area (Å²) in [5, 5.41) is 6.10. The van der Waals surface area contributed by atoms with Crippen molar-refractivity contribution < 1.29 is 14.4 Å². The molecule has 0 atom stereocenters. The lowest BCUT2D eigenvalue weighted by Crippen LogP contribution is -2.47. The summed E-state index contributed by atoms with van der Waals surface area (Å²) in [5.41, 5.74) is -0.223. The van der Waals surface area contributed by atoms with Crippen LogP contribution in [0.15, 0.2) is 24.3 Å². The van der Waals surface area contributed by atoms with Crippen molar-refractivity contribution in [2.24, 2.45) is 0 Å². The van der Waals surface area contributed by atoms with Crippen LogP contribution in [0.25, 0.3) is 0 Å². The SMILES string of the molecule is CN(CC(=O)Nc1ccccc1Cl)CN1C(=O)NC2(CCCCCC2)C1=O. The number of benzene rings is 1. The van der Waals surface area contributed by atoms with E-state index in [9.17, 15) is 14.4 Å². The van der Waals surface area contributed by atoms with Crippen LogP contribution in [0.4, 0.5) is 10.5 Å². The third-order valence-corrected chi connectivity index (χ3v) is 5.48. The maximum absolute atomic E-state index is 12.9. The van der Waals surface area contributed by atoms with Gasteiger partial charge in [-0.05, 0) is 32.0 Å². The second kappa shape index (κ2) is 8.27. The zero-order valence-corrected chi connectivity index (χ0v) is 16.2. The number of nitrogens with zero attached hydrogens (tertiary/aromatic N) is 2. The average molecular weight is 393 g/mol. The van der Waals surface area contributed by atoms with E-state index in [1.54, 1.807) is 36.2 Å². The van der Waals surface area contributed by atoms with E-state index in [-0.39, 0.29) is 31.1 Å². The normalized spacial score (nSPS) is 19.3. The summed E-state index contributed by atoms with van der Waals surface area (Å²) in [6.07, 6.45) is 5.43. The van der Waals surface area contributed by atoms with Crippen molar-refractivity contribution in [3.63, 3.8) is 0 Å². The zero-order chi connectivity index (χ0) is 19.4. The molecule has 1 aliphatic carbocycles. The Hall–Kier alpha value is -2.12. The number of hydrogen-bond donors (Lipinski definition) is 2. The van der Waals surface area contributed by atoms with Gasteiger partial charge < -0.3 is 10.6 Å². The Kier molecular flexibility index (Phi) is 6.01. The Labute approximate surface area is 164 Å². The Balaban J connectivity index is 1.58. The van der Waals surface area contributed by atoms with Crippen LogP contribution in [0.2, 0.25) is 5.02 Å². The van der Waals surface area contributed by atoms with Crippen molar-refractivity contribution >= 4 is 35.1 Å². The summed E-state index contributed by atoms with van der Waals surface area (Å²) in [4.78, 5) is 40.4. The molecule has 1 aromatic rings. The van der Waals surface area contributed by atoms with Crippen LogP contribution < -0.4 is 10.6 Å². The summed E-state index contributed by atoms with van der Waals surface area (Å²) in [5.74, 6) is -0.436. The summed E-state index contributed by atoms with van der Waals surface area (Å²) in [6.45, 7) is 0.109. The molecule has 1 saturated carbocycles. The number of halogens is 1. The second-order valence-electron chi connectivity index (χ2n) is 7.34. The number of carbonyl (C=O) groups excluding carboxylic acids is 3. The van der Waals surface area contributed by atoms with E-state index in [4.69, 9.17) is 11.6 Å². The molecule has 27 heavy (non-hydrogen) atoms. The van der Waals surface area contributed by atoms with Crippen LogP contribution in [-0.4, -0.2) is 53.4 Å². The summed E-state index contributed by atoms with van der Waals surface area (Å²) < 4.78 is 0. The molecule has 7 nitrogen and oxygen atoms in total. The van der Waals surface area contributed by atoms with Gasteiger partial charge in [0.25, 0.3) is 5.91 Å². The van der Waals surface area contributed by atoms with E-state index < -0.39 is 5.54 Å². The third-order valence-electron chi connectivity index (χ3n) is 5.15. The minimum Gasteiger partial charge on any atom is -0.324 e. The molecule has 0 unspecified atom stereocenters. The molecule has 2 N–H and O–H groups in total. The smallest absolute Gasteiger partial charge is 0.324 e. The van der Waals surface area contributed by atoms with Gasteiger partial charge in [0.15, 0.2) is 0 Å². The number of rotatable bonds is 5. The number of nitrogens with one attached hydrogen (secondary N) is 2. The molecule has 1 aliphatic heterocycles. The van der Waals surface area contributed by atoms with E-state index >= 15 is 0 Å². The molecule has 0 radical (unpaired) electrons. The van der Waals surface area contributed by atoms with E-state index in [2.05, 4.69) is 10.6 Å². The molecular weight excluding hydrogens is 368 g/mol. The standard InChI is InChI=1S/C19H25ClN4O3/c1-23(12-16(25)21-15-9-5-4-8-14(15)20)13-24-17(26)19(22-18(24)27)10-6-2-3-7-11-19/h4-5,8-9H,2-3,6-7,10-13H2,1H3,(H,21,25)(H,22,27). The van der Waals surface area contributed by atoms with Gasteiger partial charge in [-0.2, -0.15) is 0 Å². The lowest BCUT2D eigenvalue weighted by atomic mass is 9.90. The van der Waals surface area contributed by atoms with Gasteiger partial charge in [0, 0.05) is 0 Å². The maximum Gasteiger partial charge on any atom is 0.326 e. The zero-order valence-electron chi connectivity index (χ0n) is 15.5. The van der Waals surface area contributed by atoms with Crippen LogP contribution >= 0.6 is 11.6 Å². The number of anilines is 1. The Bertz CT molecular complexity index is 731. The van der Waals surface area contributed by atoms with Gasteiger partial charge in [-0.15, -0.1) is 0 Å². The molecule has 1 aromatic carbocycles. The Morgan fingerprint density at radius 1 is 1.22 bits per heavy atom. The van der Waals surface area contributed by atoms with Gasteiger partial charge in [0.1, 0.15) is 5.54 Å². The molecule has 2 aliphatic rings. The van der Waals surface area contributed by atoms with Gasteiger partial charge in [-0.3, -0.25) is 14.5 Å². The molecule has 1 spiro atoms. The van der Waals surface area contributed by atoms with E-state index in [0.29, 0.717) is 23.6 Å². The topological polar surface area (TPSA) is 81.8 Å². The fourth-order valence-electron chi connectivity index (χ4n) is 3.76. The van der Waals surface area contributed by atoms with E-state index in [1.165, 1.54) is 4.90 Å². The first-order valence-corrected chi connectivity index (χ1v) is 9.66. The van der Waals surface area contributed by atoms with Crippen molar-refractivity contribution in [3.8, 4) is 0 Å². The highest BCUT2D eigenvalue weighted by Gasteiger charge is 2.50. The molecule has 4 amide bonds. The average Bonchev–Trinajstić information content (AvgIpc) is 2.79. The van der Waals surface area contributed by atoms with Crippen molar-refractivity contribution in [2.75, 3.05) is 25.6 Å². The van der Waals surface area contributed by atoms with Crippen molar-refractivity contribution in [1.29, 1.82) is 0 Å². The molecule has 146 valence electrons. The fraction of sp³-hybridized carbons (Fsp3) is 0.526. The number of likely N-dealkylation sites (N-methyl/N-ethyl adjacent to an activating group) is 1. The molecule has 0 bridgehead atoms. The highest BCUT2D eigenvalue weighted by Crippen LogP contribution is 2.32. The fourth-order valence-corrected chi connectivity index (χ4v) is 3.95. The van der Waals surface area contributed by atoms with E-state index in [1.807, 2.05) is 0 Å². The number of para-hydroxylation sites is 1. The quantitative estimate of drug-likeness (QED) is 0.755. The van der Waals surface area contributed by atoms with Gasteiger partial charge in [0.2, 0.25) is 5.91 Å². The second-order valence-corrected chi connectivity index (χ2v) is 7.75. The lowest BCUT2D eigenvalue weighted by Gasteiger charge is -2.26. The Morgan fingerprint density at radius 2 is 1.89 bits per heavy atom. The minimum absolute atomic E-state index is 0.0370. The monoisotopic (exact) mass is 392 g/mol. The first-order valence-electron chi connectivity index (χ1n) is 9.28. The van der Waals surface area contributed by atoms with Gasteiger partial charge in [-0.1, -0.05) is 49.4 Å². The van der Waals surface area contributed by atoms with Crippen molar-refractivity contribution in [3.05, 3.63) is 29.3 Å². The predicted molar refractivity (Wildman–Crippen MR) is 103 cm³/mol. The summed E-state index contributed by atoms with van der Waals surface area (Å²) in [6, 6.07) is 6.60. The first kappa shape index (κ1) is 19.6. The summed E-state index contributed by atoms with van der Waals surface area (Å²) >= 11 is 6.04. The maximum atomic E-state index is 12.9. The molecule has 0 aromatic heterocycles. The van der Waals surface area contributed by atoms with Crippen LogP contribution in [0.3, 0.4) is 0 Å². The molecule has 1 heterocycles. The van der Waals surface area contributed by atoms with Crippen LogP contribution in [0.1, 0.15) is 38.5 Å². The Morgan fingerprint density at radius 3 is 2.56 bits per heavy atom. The highest BCUT2D eigenvalue weighted by atomic mass is 35.5. The molecule has 2 fully saturated rings. The number of hydrogen-bond acceptors (Lipinski definition) is 4. The third kappa shape index (κ3) is 4.42. The molecular formula is C19H25ClN4O3. The number of urea groups is 1. The number of amides is 4. The van der Waals surface area contributed by atoms with Crippen LogP contribution in [0, 0.1) is 0 Å².